The molecule has 194 valence electrons. The number of nitrogens with one attached hydrogen (secondary N) is 1. The van der Waals surface area contributed by atoms with E-state index in [0.717, 1.165) is 46.0 Å². The van der Waals surface area contributed by atoms with Crippen LogP contribution in [0.4, 0.5) is 18.3 Å². The van der Waals surface area contributed by atoms with Crippen molar-refractivity contribution in [3.05, 3.63) is 82.6 Å². The maximum Gasteiger partial charge on any atom is 0.236 e. The number of rotatable bonds is 7. The highest BCUT2D eigenvalue weighted by atomic mass is 35.5. The van der Waals surface area contributed by atoms with E-state index in [-0.39, 0.29) is 27.0 Å². The summed E-state index contributed by atoms with van der Waals surface area (Å²) in [6.07, 6.45) is 0. The monoisotopic (exact) mass is 573 g/mol. The smallest absolute Gasteiger partial charge is 0.236 e. The fraction of sp³-hybridized carbons (Fsp3) is 0.154. The Morgan fingerprint density at radius 1 is 1.08 bits per heavy atom. The van der Waals surface area contributed by atoms with E-state index in [1.807, 2.05) is 41.0 Å². The average Bonchev–Trinajstić information content (AvgIpc) is 3.50. The molecule has 0 bridgehead atoms. The zero-order valence-corrected chi connectivity index (χ0v) is 22.4. The van der Waals surface area contributed by atoms with Gasteiger partial charge in [0.2, 0.25) is 5.91 Å². The molecule has 6 nitrogen and oxygen atoms in total. The molecule has 0 fully saturated rings. The van der Waals surface area contributed by atoms with Crippen molar-refractivity contribution in [3.63, 3.8) is 0 Å². The summed E-state index contributed by atoms with van der Waals surface area (Å²) >= 11 is 8.08. The number of halogens is 4. The molecule has 5 aromatic rings. The molecule has 12 heteroatoms. The molecule has 1 amide bonds. The third-order valence-electron chi connectivity index (χ3n) is 5.64. The van der Waals surface area contributed by atoms with Crippen LogP contribution in [0.5, 0.6) is 0 Å². The molecule has 0 saturated heterocycles. The Balaban J connectivity index is 1.43. The summed E-state index contributed by atoms with van der Waals surface area (Å²) in [7, 11) is 0. The van der Waals surface area contributed by atoms with E-state index < -0.39 is 23.4 Å². The fourth-order valence-corrected chi connectivity index (χ4v) is 5.63. The lowest BCUT2D eigenvalue weighted by atomic mass is 10.0. The number of thioether (sulfide) groups is 1. The number of nitrogens with zero attached hydrogens (tertiary/aromatic N) is 4. The van der Waals surface area contributed by atoms with Crippen molar-refractivity contribution in [1.82, 2.24) is 19.7 Å². The Kier molecular flexibility index (Phi) is 7.42. The summed E-state index contributed by atoms with van der Waals surface area (Å²) in [5, 5.41) is 12.4. The summed E-state index contributed by atoms with van der Waals surface area (Å²) in [6, 6.07) is 16.0. The Morgan fingerprint density at radius 2 is 1.82 bits per heavy atom. The minimum Gasteiger partial charge on any atom is -0.301 e. The first kappa shape index (κ1) is 26.2. The van der Waals surface area contributed by atoms with Gasteiger partial charge in [-0.1, -0.05) is 66.7 Å². The van der Waals surface area contributed by atoms with E-state index in [9.17, 15) is 18.0 Å². The second-order valence-electron chi connectivity index (χ2n) is 8.55. The summed E-state index contributed by atoms with van der Waals surface area (Å²) in [4.78, 5) is 16.6. The van der Waals surface area contributed by atoms with Crippen LogP contribution < -0.4 is 5.32 Å². The van der Waals surface area contributed by atoms with Crippen molar-refractivity contribution < 1.29 is 18.0 Å². The first-order valence-electron chi connectivity index (χ1n) is 11.4. The van der Waals surface area contributed by atoms with Gasteiger partial charge in [0.1, 0.15) is 5.52 Å². The lowest BCUT2D eigenvalue weighted by Crippen LogP contribution is -2.14. The molecule has 0 saturated carbocycles. The maximum atomic E-state index is 14.0. The van der Waals surface area contributed by atoms with Gasteiger partial charge in [0.15, 0.2) is 33.6 Å². The van der Waals surface area contributed by atoms with Gasteiger partial charge in [-0.15, -0.1) is 10.2 Å². The van der Waals surface area contributed by atoms with Crippen LogP contribution in [-0.2, 0) is 4.79 Å². The number of carbonyl (C=O) groups is 1. The number of thiazole rings is 1. The van der Waals surface area contributed by atoms with Gasteiger partial charge in [-0.2, -0.15) is 0 Å². The number of amides is 1. The number of benzene rings is 3. The van der Waals surface area contributed by atoms with Gasteiger partial charge >= 0.3 is 0 Å². The number of aromatic nitrogens is 4. The van der Waals surface area contributed by atoms with Crippen molar-refractivity contribution in [2.75, 3.05) is 11.1 Å². The Labute approximate surface area is 228 Å². The van der Waals surface area contributed by atoms with Gasteiger partial charge in [-0.3, -0.25) is 9.36 Å². The minimum absolute atomic E-state index is 0.0305. The predicted octanol–water partition coefficient (Wildman–Crippen LogP) is 7.47. The summed E-state index contributed by atoms with van der Waals surface area (Å²) in [6.45, 7) is 4.17. The van der Waals surface area contributed by atoms with E-state index in [1.165, 1.54) is 0 Å². The van der Waals surface area contributed by atoms with Gasteiger partial charge in [0.05, 0.1) is 16.1 Å². The topological polar surface area (TPSA) is 72.7 Å². The number of para-hydroxylation sites is 1. The quantitative estimate of drug-likeness (QED) is 0.161. The normalized spacial score (nSPS) is 11.4. The van der Waals surface area contributed by atoms with Crippen LogP contribution in [0.25, 0.3) is 27.3 Å². The number of hydrogen-bond donors (Lipinski definition) is 1. The van der Waals surface area contributed by atoms with Crippen LogP contribution in [0.3, 0.4) is 0 Å². The Bertz CT molecular complexity index is 1650. The zero-order chi connectivity index (χ0) is 27.0. The molecule has 3 aromatic carbocycles. The van der Waals surface area contributed by atoms with Crippen molar-refractivity contribution in [1.29, 1.82) is 0 Å². The van der Waals surface area contributed by atoms with Crippen LogP contribution in [-0.4, -0.2) is 31.4 Å². The van der Waals surface area contributed by atoms with Gasteiger partial charge in [0.25, 0.3) is 0 Å². The van der Waals surface area contributed by atoms with Gasteiger partial charge < -0.3 is 5.32 Å². The highest BCUT2D eigenvalue weighted by molar-refractivity contribution is 7.99. The highest BCUT2D eigenvalue weighted by Gasteiger charge is 2.22. The fourth-order valence-electron chi connectivity index (χ4n) is 3.86. The molecule has 5 rings (SSSR count). The lowest BCUT2D eigenvalue weighted by molar-refractivity contribution is -0.113. The van der Waals surface area contributed by atoms with Crippen LogP contribution in [0.2, 0.25) is 5.02 Å². The summed E-state index contributed by atoms with van der Waals surface area (Å²) in [5.41, 5.74) is 2.41. The number of hydrogen-bond acceptors (Lipinski definition) is 6. The standard InChI is InChI=1S/C26H19ClF3N5OS2/c1-13(2)16-5-3-4-6-18(16)35-24(14-7-9-15(27)10-8-14)33-34-26(35)37-12-20(36)31-25-32-23-19(38-25)11-17(28)21(29)22(23)30/h3-11,13H,12H2,1-2H3,(H,31,32,36). The molecule has 1 N–H and O–H groups in total. The van der Waals surface area contributed by atoms with Crippen molar-refractivity contribution in [2.24, 2.45) is 0 Å². The van der Waals surface area contributed by atoms with Gasteiger partial charge in [-0.25, -0.2) is 18.2 Å². The molecule has 2 heterocycles. The van der Waals surface area contributed by atoms with Gasteiger partial charge in [-0.05, 0) is 47.9 Å². The molecule has 0 spiro atoms. The van der Waals surface area contributed by atoms with E-state index in [1.54, 1.807) is 12.1 Å². The second-order valence-corrected chi connectivity index (χ2v) is 11.0. The SMILES string of the molecule is CC(C)c1ccccc1-n1c(SCC(=O)Nc2nc3c(F)c(F)c(F)cc3s2)nnc1-c1ccc(Cl)cc1. The first-order valence-corrected chi connectivity index (χ1v) is 13.6. The molecule has 0 aliphatic carbocycles. The molecular weight excluding hydrogens is 555 g/mol. The Morgan fingerprint density at radius 3 is 2.55 bits per heavy atom. The summed E-state index contributed by atoms with van der Waals surface area (Å²) in [5.74, 6) is -4.03. The first-order chi connectivity index (χ1) is 18.2. The summed E-state index contributed by atoms with van der Waals surface area (Å²) < 4.78 is 43.1. The van der Waals surface area contributed by atoms with Crippen LogP contribution in [0, 0.1) is 17.5 Å². The van der Waals surface area contributed by atoms with Crippen molar-refractivity contribution in [2.45, 2.75) is 24.9 Å². The van der Waals surface area contributed by atoms with Crippen molar-refractivity contribution in [3.8, 4) is 17.1 Å². The molecule has 38 heavy (non-hydrogen) atoms. The largest absolute Gasteiger partial charge is 0.301 e. The lowest BCUT2D eigenvalue weighted by Gasteiger charge is -2.17. The molecular formula is C26H19ClF3N5OS2. The Hall–Kier alpha value is -3.41. The average molecular weight is 574 g/mol. The zero-order valence-electron chi connectivity index (χ0n) is 20.0. The minimum atomic E-state index is -1.60. The third-order valence-corrected chi connectivity index (χ3v) is 7.73. The van der Waals surface area contributed by atoms with Crippen molar-refractivity contribution >= 4 is 56.0 Å². The number of anilines is 1. The van der Waals surface area contributed by atoms with Crippen LogP contribution >= 0.6 is 34.7 Å². The third kappa shape index (κ3) is 5.13. The highest BCUT2D eigenvalue weighted by Crippen LogP contribution is 2.33. The van der Waals surface area contributed by atoms with Gasteiger partial charge in [0, 0.05) is 10.6 Å². The van der Waals surface area contributed by atoms with E-state index in [4.69, 9.17) is 11.6 Å². The second kappa shape index (κ2) is 10.8. The number of fused-ring (bicyclic) bond motifs is 1. The van der Waals surface area contributed by atoms with Crippen LogP contribution in [0.1, 0.15) is 25.3 Å². The molecule has 0 atom stereocenters. The van der Waals surface area contributed by atoms with E-state index in [2.05, 4.69) is 34.3 Å². The number of carbonyl (C=O) groups excluding carboxylic acids is 1. The molecule has 0 radical (unpaired) electrons. The molecule has 0 aliphatic rings. The van der Waals surface area contributed by atoms with E-state index >= 15 is 0 Å². The predicted molar refractivity (Wildman–Crippen MR) is 145 cm³/mol. The van der Waals surface area contributed by atoms with Crippen LogP contribution in [0.15, 0.2) is 59.8 Å². The maximum absolute atomic E-state index is 14.0. The molecule has 0 unspecified atom stereocenters. The molecule has 0 aliphatic heterocycles. The molecule has 2 aromatic heterocycles. The van der Waals surface area contributed by atoms with E-state index in [0.29, 0.717) is 16.0 Å².